The summed E-state index contributed by atoms with van der Waals surface area (Å²) in [6.07, 6.45) is 0.651. The van der Waals surface area contributed by atoms with Gasteiger partial charge in [0.2, 0.25) is 0 Å². The minimum atomic E-state index is -4.00. The number of rotatable bonds is 2. The first kappa shape index (κ1) is 10.3. The zero-order valence-electron chi connectivity index (χ0n) is 8.11. The fraction of sp³-hybridized carbons (Fsp3) is 1.00. The second-order valence-electron chi connectivity index (χ2n) is 4.60. The lowest BCUT2D eigenvalue weighted by molar-refractivity contribution is -0.179. The van der Waals surface area contributed by atoms with Crippen molar-refractivity contribution < 1.29 is 13.2 Å². The van der Waals surface area contributed by atoms with Gasteiger partial charge in [-0.15, -0.1) is 0 Å². The maximum absolute atomic E-state index is 12.3. The molecular formula is C10H16F3N. The van der Waals surface area contributed by atoms with Crippen molar-refractivity contribution in [3.8, 4) is 0 Å². The van der Waals surface area contributed by atoms with Crippen LogP contribution in [0.5, 0.6) is 0 Å². The summed E-state index contributed by atoms with van der Waals surface area (Å²) in [7, 11) is 0. The van der Waals surface area contributed by atoms with E-state index in [1.807, 2.05) is 0 Å². The topological polar surface area (TPSA) is 12.0 Å². The van der Waals surface area contributed by atoms with Gasteiger partial charge in [0.1, 0.15) is 0 Å². The second-order valence-corrected chi connectivity index (χ2v) is 4.60. The summed E-state index contributed by atoms with van der Waals surface area (Å²) in [6.45, 7) is 0.126. The molecule has 0 radical (unpaired) electrons. The summed E-state index contributed by atoms with van der Waals surface area (Å²) in [5.74, 6) is -0.312. The molecule has 2 aliphatic rings. The Labute approximate surface area is 82.1 Å². The van der Waals surface area contributed by atoms with Gasteiger partial charge >= 0.3 is 6.18 Å². The first-order valence-corrected chi connectivity index (χ1v) is 5.36. The molecule has 0 aromatic heterocycles. The first-order valence-electron chi connectivity index (χ1n) is 5.36. The van der Waals surface area contributed by atoms with E-state index in [9.17, 15) is 13.2 Å². The number of halogens is 3. The van der Waals surface area contributed by atoms with Crippen LogP contribution in [-0.2, 0) is 0 Å². The third-order valence-electron chi connectivity index (χ3n) is 3.29. The van der Waals surface area contributed by atoms with E-state index in [2.05, 4.69) is 5.32 Å². The Morgan fingerprint density at radius 1 is 1.07 bits per heavy atom. The lowest BCUT2D eigenvalue weighted by Crippen LogP contribution is -2.44. The highest BCUT2D eigenvalue weighted by molar-refractivity contribution is 4.86. The van der Waals surface area contributed by atoms with Gasteiger partial charge in [-0.1, -0.05) is 12.8 Å². The van der Waals surface area contributed by atoms with Crippen molar-refractivity contribution in [2.75, 3.05) is 6.54 Å². The van der Waals surface area contributed by atoms with Crippen LogP contribution in [0.1, 0.15) is 32.1 Å². The van der Waals surface area contributed by atoms with Gasteiger partial charge in [0.05, 0.1) is 5.92 Å². The van der Waals surface area contributed by atoms with E-state index in [0.717, 1.165) is 12.3 Å². The molecule has 2 unspecified atom stereocenters. The van der Waals surface area contributed by atoms with E-state index < -0.39 is 12.1 Å². The second kappa shape index (κ2) is 3.72. The monoisotopic (exact) mass is 207 g/mol. The molecule has 1 aliphatic carbocycles. The summed E-state index contributed by atoms with van der Waals surface area (Å²) in [6, 6.07) is 0.348. The van der Waals surface area contributed by atoms with Gasteiger partial charge in [0.15, 0.2) is 0 Å². The normalized spacial score (nSPS) is 34.5. The molecule has 0 amide bonds. The quantitative estimate of drug-likeness (QED) is 0.734. The van der Waals surface area contributed by atoms with Crippen LogP contribution in [0.3, 0.4) is 0 Å². The smallest absolute Gasteiger partial charge is 0.313 e. The molecule has 1 N–H and O–H groups in total. The summed E-state index contributed by atoms with van der Waals surface area (Å²) < 4.78 is 36.9. The molecule has 1 heterocycles. The van der Waals surface area contributed by atoms with E-state index in [1.54, 1.807) is 0 Å². The number of hydrogen-bond acceptors (Lipinski definition) is 1. The molecule has 0 bridgehead atoms. The Morgan fingerprint density at radius 2 is 1.79 bits per heavy atom. The zero-order valence-corrected chi connectivity index (χ0v) is 8.11. The van der Waals surface area contributed by atoms with Crippen molar-refractivity contribution in [2.24, 2.45) is 11.8 Å². The highest BCUT2D eigenvalue weighted by Gasteiger charge is 2.41. The Bertz CT molecular complexity index is 190. The molecule has 2 rings (SSSR count). The maximum atomic E-state index is 12.3. The molecular weight excluding hydrogens is 191 g/mol. The van der Waals surface area contributed by atoms with E-state index in [4.69, 9.17) is 0 Å². The molecule has 4 heteroatoms. The number of alkyl halides is 3. The Kier molecular flexibility index (Phi) is 2.73. The van der Waals surface area contributed by atoms with Gasteiger partial charge in [-0.2, -0.15) is 13.2 Å². The van der Waals surface area contributed by atoms with Gasteiger partial charge < -0.3 is 5.32 Å². The average Bonchev–Trinajstić information content (AvgIpc) is 2.88. The minimum absolute atomic E-state index is 0.126. The Hall–Kier alpha value is -0.250. The van der Waals surface area contributed by atoms with Crippen LogP contribution >= 0.6 is 0 Å². The zero-order chi connectivity index (χ0) is 10.2. The lowest BCUT2D eigenvalue weighted by atomic mass is 9.92. The number of nitrogens with one attached hydrogen (secondary N) is 1. The van der Waals surface area contributed by atoms with Gasteiger partial charge in [-0.25, -0.2) is 0 Å². The number of hydrogen-bond donors (Lipinski definition) is 1. The highest BCUT2D eigenvalue weighted by Crippen LogP contribution is 2.37. The van der Waals surface area contributed by atoms with Crippen LogP contribution in [0, 0.1) is 11.8 Å². The number of piperidine rings is 1. The van der Waals surface area contributed by atoms with Crippen LogP contribution in [0.25, 0.3) is 0 Å². The third-order valence-corrected chi connectivity index (χ3v) is 3.29. The van der Waals surface area contributed by atoms with Crippen molar-refractivity contribution in [1.82, 2.24) is 5.32 Å². The molecule has 1 saturated carbocycles. The van der Waals surface area contributed by atoms with Crippen LogP contribution in [0.4, 0.5) is 13.2 Å². The largest absolute Gasteiger partial charge is 0.393 e. The van der Waals surface area contributed by atoms with Crippen molar-refractivity contribution in [2.45, 2.75) is 44.3 Å². The molecule has 1 saturated heterocycles. The molecule has 0 aromatic carbocycles. The predicted molar refractivity (Wildman–Crippen MR) is 47.9 cm³/mol. The SMILES string of the molecule is FC(F)(F)C1CCC(CC2CC2)NC1. The van der Waals surface area contributed by atoms with E-state index in [-0.39, 0.29) is 6.54 Å². The standard InChI is InChI=1S/C10H16F3N/c11-10(12,13)8-3-4-9(14-6-8)5-7-1-2-7/h7-9,14H,1-6H2. The predicted octanol–water partition coefficient (Wildman–Crippen LogP) is 2.72. The summed E-state index contributed by atoms with van der Waals surface area (Å²) in [4.78, 5) is 0. The molecule has 82 valence electrons. The molecule has 2 fully saturated rings. The average molecular weight is 207 g/mol. The fourth-order valence-electron chi connectivity index (χ4n) is 2.15. The van der Waals surface area contributed by atoms with Crippen molar-refractivity contribution in [3.63, 3.8) is 0 Å². The van der Waals surface area contributed by atoms with Crippen LogP contribution in [-0.4, -0.2) is 18.8 Å². The van der Waals surface area contributed by atoms with E-state index in [0.29, 0.717) is 18.9 Å². The van der Waals surface area contributed by atoms with Crippen molar-refractivity contribution >= 4 is 0 Å². The maximum Gasteiger partial charge on any atom is 0.393 e. The van der Waals surface area contributed by atoms with Gasteiger partial charge in [0, 0.05) is 12.6 Å². The summed E-state index contributed by atoms with van der Waals surface area (Å²) in [5.41, 5.74) is 0. The fourth-order valence-corrected chi connectivity index (χ4v) is 2.15. The van der Waals surface area contributed by atoms with Crippen LogP contribution in [0.15, 0.2) is 0 Å². The van der Waals surface area contributed by atoms with Crippen molar-refractivity contribution in [1.29, 1.82) is 0 Å². The third kappa shape index (κ3) is 2.62. The highest BCUT2D eigenvalue weighted by atomic mass is 19.4. The molecule has 1 nitrogen and oxygen atoms in total. The molecule has 0 spiro atoms. The van der Waals surface area contributed by atoms with Gasteiger partial charge in [0.25, 0.3) is 0 Å². The van der Waals surface area contributed by atoms with Crippen LogP contribution < -0.4 is 5.32 Å². The van der Waals surface area contributed by atoms with E-state index >= 15 is 0 Å². The van der Waals surface area contributed by atoms with E-state index in [1.165, 1.54) is 12.8 Å². The molecule has 1 aliphatic heterocycles. The summed E-state index contributed by atoms with van der Waals surface area (Å²) in [5, 5.41) is 3.03. The van der Waals surface area contributed by atoms with Crippen molar-refractivity contribution in [3.05, 3.63) is 0 Å². The van der Waals surface area contributed by atoms with Crippen LogP contribution in [0.2, 0.25) is 0 Å². The summed E-state index contributed by atoms with van der Waals surface area (Å²) >= 11 is 0. The Balaban J connectivity index is 1.74. The Morgan fingerprint density at radius 3 is 2.21 bits per heavy atom. The lowest BCUT2D eigenvalue weighted by Gasteiger charge is -2.31. The molecule has 2 atom stereocenters. The van der Waals surface area contributed by atoms with Gasteiger partial charge in [-0.3, -0.25) is 0 Å². The molecule has 14 heavy (non-hydrogen) atoms. The minimum Gasteiger partial charge on any atom is -0.313 e. The van der Waals surface area contributed by atoms with Gasteiger partial charge in [-0.05, 0) is 25.2 Å². The molecule has 0 aromatic rings. The first-order chi connectivity index (χ1) is 6.55.